The van der Waals surface area contributed by atoms with Crippen molar-refractivity contribution >= 4 is 28.7 Å². The second kappa shape index (κ2) is 7.78. The number of carboxylic acid groups (broad SMARTS) is 1. The third-order valence-electron chi connectivity index (χ3n) is 3.75. The maximum Gasteiger partial charge on any atom is 0.326 e. The normalized spacial score (nSPS) is 13.4. The smallest absolute Gasteiger partial charge is 0.326 e. The molecule has 2 amide bonds. The summed E-state index contributed by atoms with van der Waals surface area (Å²) in [6.07, 6.45) is 0.311. The summed E-state index contributed by atoms with van der Waals surface area (Å²) in [7, 11) is 0. The molecule has 0 radical (unpaired) electrons. The molecule has 1 aromatic heterocycles. The summed E-state index contributed by atoms with van der Waals surface area (Å²) in [5, 5.41) is 21.6. The molecule has 0 fully saturated rings. The van der Waals surface area contributed by atoms with Crippen LogP contribution in [0.5, 0.6) is 0 Å². The van der Waals surface area contributed by atoms with Gasteiger partial charge < -0.3 is 15.7 Å². The summed E-state index contributed by atoms with van der Waals surface area (Å²) >= 11 is 0. The number of amides is 2. The highest BCUT2D eigenvalue weighted by molar-refractivity contribution is 6.06. The van der Waals surface area contributed by atoms with Gasteiger partial charge in [-0.2, -0.15) is 5.10 Å². The highest BCUT2D eigenvalue weighted by Gasteiger charge is 2.25. The van der Waals surface area contributed by atoms with Crippen molar-refractivity contribution in [2.75, 3.05) is 0 Å². The van der Waals surface area contributed by atoms with E-state index in [2.05, 4.69) is 20.8 Å². The number of hydrogen-bond donors (Lipinski definition) is 4. The van der Waals surface area contributed by atoms with E-state index in [9.17, 15) is 19.5 Å². The molecule has 134 valence electrons. The first-order valence-electron chi connectivity index (χ1n) is 8.06. The number of carbonyl (C=O) groups is 3. The highest BCUT2D eigenvalue weighted by atomic mass is 16.4. The third kappa shape index (κ3) is 4.56. The number of aliphatic carboxylic acids is 1. The zero-order valence-electron chi connectivity index (χ0n) is 14.4. The molecule has 0 aliphatic heterocycles. The summed E-state index contributed by atoms with van der Waals surface area (Å²) in [5.41, 5.74) is 0.903. The molecule has 1 heterocycles. The van der Waals surface area contributed by atoms with E-state index >= 15 is 0 Å². The lowest BCUT2D eigenvalue weighted by Crippen LogP contribution is -2.50. The lowest BCUT2D eigenvalue weighted by atomic mass is 10.0. The van der Waals surface area contributed by atoms with Crippen LogP contribution in [0.1, 0.15) is 37.7 Å². The predicted molar refractivity (Wildman–Crippen MR) is 92.0 cm³/mol. The highest BCUT2D eigenvalue weighted by Crippen LogP contribution is 2.15. The topological polar surface area (TPSA) is 124 Å². The zero-order valence-corrected chi connectivity index (χ0v) is 14.4. The van der Waals surface area contributed by atoms with E-state index in [1.165, 1.54) is 6.92 Å². The van der Waals surface area contributed by atoms with Gasteiger partial charge >= 0.3 is 5.97 Å². The number of nitrogens with one attached hydrogen (secondary N) is 3. The molecule has 0 saturated carbocycles. The van der Waals surface area contributed by atoms with Gasteiger partial charge in [0.15, 0.2) is 5.69 Å². The van der Waals surface area contributed by atoms with Crippen LogP contribution in [-0.4, -0.2) is 45.2 Å². The van der Waals surface area contributed by atoms with Crippen LogP contribution >= 0.6 is 0 Å². The molecule has 0 aliphatic rings. The minimum Gasteiger partial charge on any atom is -0.480 e. The molecular weight excluding hydrogens is 324 g/mol. The van der Waals surface area contributed by atoms with Crippen molar-refractivity contribution < 1.29 is 19.5 Å². The number of rotatable bonds is 7. The molecule has 25 heavy (non-hydrogen) atoms. The van der Waals surface area contributed by atoms with Gasteiger partial charge in [0.2, 0.25) is 5.91 Å². The maximum absolute atomic E-state index is 12.3. The number of hydrogen-bond acceptors (Lipinski definition) is 4. The van der Waals surface area contributed by atoms with E-state index < -0.39 is 29.9 Å². The molecule has 0 aliphatic carbocycles. The molecular formula is C17H22N4O4. The van der Waals surface area contributed by atoms with Crippen LogP contribution in [0.15, 0.2) is 24.3 Å². The number of para-hydroxylation sites is 1. The number of aromatic amines is 1. The van der Waals surface area contributed by atoms with Crippen molar-refractivity contribution in [1.82, 2.24) is 20.8 Å². The summed E-state index contributed by atoms with van der Waals surface area (Å²) < 4.78 is 0. The van der Waals surface area contributed by atoms with Gasteiger partial charge in [0.05, 0.1) is 5.52 Å². The van der Waals surface area contributed by atoms with Gasteiger partial charge in [-0.15, -0.1) is 0 Å². The van der Waals surface area contributed by atoms with Crippen molar-refractivity contribution in [1.29, 1.82) is 0 Å². The van der Waals surface area contributed by atoms with E-state index in [-0.39, 0.29) is 11.6 Å². The van der Waals surface area contributed by atoms with E-state index in [4.69, 9.17) is 0 Å². The average Bonchev–Trinajstić information content (AvgIpc) is 2.97. The van der Waals surface area contributed by atoms with Crippen molar-refractivity contribution in [3.8, 4) is 0 Å². The first-order valence-corrected chi connectivity index (χ1v) is 8.06. The summed E-state index contributed by atoms with van der Waals surface area (Å²) in [4.78, 5) is 35.8. The molecule has 8 nitrogen and oxygen atoms in total. The van der Waals surface area contributed by atoms with Crippen LogP contribution in [0.2, 0.25) is 0 Å². The summed E-state index contributed by atoms with van der Waals surface area (Å²) in [6, 6.07) is 5.27. The van der Waals surface area contributed by atoms with Gasteiger partial charge in [0.25, 0.3) is 5.91 Å². The Labute approximate surface area is 145 Å². The van der Waals surface area contributed by atoms with Crippen molar-refractivity contribution in [2.24, 2.45) is 5.92 Å². The quantitative estimate of drug-likeness (QED) is 0.601. The molecule has 4 N–H and O–H groups in total. The number of carbonyl (C=O) groups excluding carboxylic acids is 2. The Morgan fingerprint density at radius 3 is 2.48 bits per heavy atom. The van der Waals surface area contributed by atoms with Crippen LogP contribution in [0.3, 0.4) is 0 Å². The second-order valence-electron chi connectivity index (χ2n) is 6.34. The third-order valence-corrected chi connectivity index (χ3v) is 3.75. The molecule has 2 atom stereocenters. The fourth-order valence-corrected chi connectivity index (χ4v) is 2.46. The van der Waals surface area contributed by atoms with Gasteiger partial charge in [-0.1, -0.05) is 32.0 Å². The molecule has 2 aromatic rings. The van der Waals surface area contributed by atoms with E-state index in [0.717, 1.165) is 0 Å². The lowest BCUT2D eigenvalue weighted by Gasteiger charge is -2.19. The van der Waals surface area contributed by atoms with Gasteiger partial charge in [0.1, 0.15) is 12.1 Å². The Morgan fingerprint density at radius 2 is 1.84 bits per heavy atom. The molecule has 2 rings (SSSR count). The lowest BCUT2D eigenvalue weighted by molar-refractivity contribution is -0.142. The van der Waals surface area contributed by atoms with Crippen LogP contribution < -0.4 is 10.6 Å². The maximum atomic E-state index is 12.3. The van der Waals surface area contributed by atoms with E-state index in [1.807, 2.05) is 19.9 Å². The van der Waals surface area contributed by atoms with Gasteiger partial charge in [-0.3, -0.25) is 14.7 Å². The number of H-pyrrole nitrogens is 1. The SMILES string of the molecule is CC(C)C[C@@H](NC(=O)C(C)NC(=O)c1n[nH]c2ccccc12)C(=O)O. The Balaban J connectivity index is 2.02. The number of nitrogens with zero attached hydrogens (tertiary/aromatic N) is 1. The van der Waals surface area contributed by atoms with Crippen molar-refractivity contribution in [2.45, 2.75) is 39.3 Å². The standard InChI is InChI=1S/C17H22N4O4/c1-9(2)8-13(17(24)25)19-15(22)10(3)18-16(23)14-11-6-4-5-7-12(11)20-21-14/h4-7,9-10,13H,8H2,1-3H3,(H,18,23)(H,19,22)(H,20,21)(H,24,25)/t10?,13-/m1/s1. The minimum absolute atomic E-state index is 0.113. The minimum atomic E-state index is -1.10. The largest absolute Gasteiger partial charge is 0.480 e. The number of fused-ring (bicyclic) bond motifs is 1. The molecule has 0 bridgehead atoms. The average molecular weight is 346 g/mol. The van der Waals surface area contributed by atoms with Crippen LogP contribution in [0.4, 0.5) is 0 Å². The van der Waals surface area contributed by atoms with E-state index in [0.29, 0.717) is 17.3 Å². The van der Waals surface area contributed by atoms with Gasteiger partial charge in [-0.05, 0) is 25.3 Å². The van der Waals surface area contributed by atoms with Crippen molar-refractivity contribution in [3.05, 3.63) is 30.0 Å². The monoisotopic (exact) mass is 346 g/mol. The predicted octanol–water partition coefficient (Wildman–Crippen LogP) is 1.30. The van der Waals surface area contributed by atoms with E-state index in [1.54, 1.807) is 18.2 Å². The fraction of sp³-hybridized carbons (Fsp3) is 0.412. The zero-order chi connectivity index (χ0) is 18.6. The molecule has 1 aromatic carbocycles. The number of aromatic nitrogens is 2. The van der Waals surface area contributed by atoms with Crippen LogP contribution in [0, 0.1) is 5.92 Å². The Bertz CT molecular complexity index is 784. The first kappa shape index (κ1) is 18.4. The second-order valence-corrected chi connectivity index (χ2v) is 6.34. The first-order chi connectivity index (χ1) is 11.8. The molecule has 0 saturated heterocycles. The summed E-state index contributed by atoms with van der Waals surface area (Å²) in [6.45, 7) is 5.24. The van der Waals surface area contributed by atoms with Gasteiger partial charge in [-0.25, -0.2) is 4.79 Å². The Morgan fingerprint density at radius 1 is 1.16 bits per heavy atom. The van der Waals surface area contributed by atoms with Crippen molar-refractivity contribution in [3.63, 3.8) is 0 Å². The van der Waals surface area contributed by atoms with Crippen LogP contribution in [0.25, 0.3) is 10.9 Å². The number of benzene rings is 1. The fourth-order valence-electron chi connectivity index (χ4n) is 2.46. The molecule has 0 spiro atoms. The van der Waals surface area contributed by atoms with Gasteiger partial charge in [0, 0.05) is 5.39 Å². The Hall–Kier alpha value is -2.90. The number of carboxylic acids is 1. The van der Waals surface area contributed by atoms with Crippen LogP contribution in [-0.2, 0) is 9.59 Å². The Kier molecular flexibility index (Phi) is 5.74. The molecule has 8 heteroatoms. The summed E-state index contributed by atoms with van der Waals surface area (Å²) in [5.74, 6) is -2.04. The molecule has 1 unspecified atom stereocenters.